The zero-order valence-electron chi connectivity index (χ0n) is 21.7. The summed E-state index contributed by atoms with van der Waals surface area (Å²) < 4.78 is 12.9. The summed E-state index contributed by atoms with van der Waals surface area (Å²) in [5, 5.41) is 14.1. The van der Waals surface area contributed by atoms with E-state index in [1.807, 2.05) is 80.5 Å². The van der Waals surface area contributed by atoms with Crippen LogP contribution < -0.4 is 25.6 Å². The molecule has 8 nitrogen and oxygen atoms in total. The first-order valence-corrected chi connectivity index (χ1v) is 12.6. The average Bonchev–Trinajstić information content (AvgIpc) is 3.18. The lowest BCUT2D eigenvalue weighted by Gasteiger charge is -2.38. The van der Waals surface area contributed by atoms with Gasteiger partial charge in [-0.15, -0.1) is 0 Å². The maximum absolute atomic E-state index is 12.8. The third kappa shape index (κ3) is 4.21. The summed E-state index contributed by atoms with van der Waals surface area (Å²) >= 11 is 0. The lowest BCUT2D eigenvalue weighted by Crippen LogP contribution is -2.33. The monoisotopic (exact) mass is 502 g/mol. The minimum atomic E-state index is -1.21. The summed E-state index contributed by atoms with van der Waals surface area (Å²) in [6, 6.07) is 17.4. The maximum Gasteiger partial charge on any atom is 0.251 e. The van der Waals surface area contributed by atoms with Crippen LogP contribution >= 0.6 is 0 Å². The van der Waals surface area contributed by atoms with E-state index < -0.39 is 11.9 Å². The van der Waals surface area contributed by atoms with Crippen molar-refractivity contribution in [2.45, 2.75) is 24.7 Å². The number of rotatable bonds is 7. The van der Waals surface area contributed by atoms with E-state index in [2.05, 4.69) is 5.32 Å². The lowest BCUT2D eigenvalue weighted by atomic mass is 9.77. The molecule has 3 aromatic rings. The highest BCUT2D eigenvalue weighted by molar-refractivity contribution is 5.94. The maximum atomic E-state index is 12.8. The van der Waals surface area contributed by atoms with Gasteiger partial charge in [0.2, 0.25) is 0 Å². The summed E-state index contributed by atoms with van der Waals surface area (Å²) in [7, 11) is 7.91. The molecular weight excluding hydrogens is 468 g/mol. The number of unbranched alkanes of at least 4 members (excludes halogenated alkanes) is 1. The number of aliphatic hydroxyl groups is 1. The highest BCUT2D eigenvalue weighted by Crippen LogP contribution is 2.59. The predicted octanol–water partition coefficient (Wildman–Crippen LogP) is 3.71. The van der Waals surface area contributed by atoms with Crippen LogP contribution in [0.15, 0.2) is 54.6 Å². The quantitative estimate of drug-likeness (QED) is 0.424. The van der Waals surface area contributed by atoms with E-state index in [1.165, 1.54) is 0 Å². The van der Waals surface area contributed by atoms with Crippen LogP contribution in [0.3, 0.4) is 0 Å². The number of ether oxygens (including phenoxy) is 2. The Morgan fingerprint density at radius 3 is 2.08 bits per heavy atom. The van der Waals surface area contributed by atoms with Gasteiger partial charge in [0.25, 0.3) is 5.91 Å². The van der Waals surface area contributed by atoms with Crippen molar-refractivity contribution in [1.29, 1.82) is 0 Å². The van der Waals surface area contributed by atoms with E-state index in [0.29, 0.717) is 35.7 Å². The molecule has 0 aromatic heterocycles. The van der Waals surface area contributed by atoms with Crippen molar-refractivity contribution in [1.82, 2.24) is 5.32 Å². The van der Waals surface area contributed by atoms with Gasteiger partial charge in [0, 0.05) is 86.1 Å². The molecule has 1 spiro atoms. The first kappa shape index (κ1) is 25.1. The first-order valence-electron chi connectivity index (χ1n) is 12.6. The average molecular weight is 503 g/mol. The fraction of sp³-hybridized carbons (Fsp3) is 0.345. The number of anilines is 2. The molecule has 2 aliphatic heterocycles. The molecule has 8 heteroatoms. The van der Waals surface area contributed by atoms with Crippen LogP contribution in [0.25, 0.3) is 0 Å². The third-order valence-corrected chi connectivity index (χ3v) is 7.11. The Morgan fingerprint density at radius 1 is 0.919 bits per heavy atom. The number of amides is 1. The summed E-state index contributed by atoms with van der Waals surface area (Å²) in [5.74, 6) is 1.14. The van der Waals surface area contributed by atoms with Crippen molar-refractivity contribution < 1.29 is 19.4 Å². The molecule has 1 amide bonds. The van der Waals surface area contributed by atoms with Crippen molar-refractivity contribution in [3.63, 3.8) is 0 Å². The number of fused-ring (bicyclic) bond motifs is 6. The Bertz CT molecular complexity index is 1280. The molecule has 0 bridgehead atoms. The Hall–Kier alpha value is -3.59. The fourth-order valence-electron chi connectivity index (χ4n) is 5.11. The molecule has 2 aliphatic rings. The van der Waals surface area contributed by atoms with Gasteiger partial charge in [0.05, 0.1) is 0 Å². The fourth-order valence-corrected chi connectivity index (χ4v) is 5.11. The Labute approximate surface area is 217 Å². The van der Waals surface area contributed by atoms with Crippen LogP contribution in [0.4, 0.5) is 11.4 Å². The second kappa shape index (κ2) is 9.70. The molecule has 194 valence electrons. The molecule has 4 N–H and O–H groups in total. The number of aliphatic hydroxyl groups excluding tert-OH is 1. The molecule has 3 aromatic carbocycles. The number of hydrogen-bond donors (Lipinski definition) is 3. The van der Waals surface area contributed by atoms with E-state index in [4.69, 9.17) is 15.2 Å². The summed E-state index contributed by atoms with van der Waals surface area (Å²) in [6.07, 6.45) is 0.464. The largest absolute Gasteiger partial charge is 0.456 e. The Kier molecular flexibility index (Phi) is 6.58. The normalized spacial score (nSPS) is 16.4. The first-order chi connectivity index (χ1) is 17.8. The molecule has 0 saturated heterocycles. The minimum absolute atomic E-state index is 0.188. The molecule has 0 radical (unpaired) electrons. The number of nitrogens with one attached hydrogen (secondary N) is 1. The molecule has 37 heavy (non-hydrogen) atoms. The highest BCUT2D eigenvalue weighted by Gasteiger charge is 2.52. The molecule has 2 heterocycles. The van der Waals surface area contributed by atoms with Gasteiger partial charge in [-0.2, -0.15) is 0 Å². The molecule has 1 unspecified atom stereocenters. The molecule has 0 aliphatic carbocycles. The second-order valence-electron chi connectivity index (χ2n) is 9.96. The van der Waals surface area contributed by atoms with Crippen LogP contribution in [0.2, 0.25) is 0 Å². The van der Waals surface area contributed by atoms with Gasteiger partial charge in [-0.25, -0.2) is 0 Å². The highest BCUT2D eigenvalue weighted by atomic mass is 16.6. The minimum Gasteiger partial charge on any atom is -0.456 e. The van der Waals surface area contributed by atoms with Crippen molar-refractivity contribution in [3.8, 4) is 11.5 Å². The van der Waals surface area contributed by atoms with Gasteiger partial charge in [0.1, 0.15) is 11.5 Å². The standard InChI is InChI=1S/C29H34N4O4/c1-32(2)19-8-11-23-25(16-19)36-26-17-20(33(3)4)9-12-24(26)29(23)22-10-7-18(15-21(22)28(35)37-29)27(34)31-14-6-5-13-30/h7-12,15-17,28,35H,5-6,13-14,30H2,1-4H3,(H,31,34). The SMILES string of the molecule is CN(C)c1ccc2c(c1)Oc1cc(N(C)C)ccc1C21OC(O)c2cc(C(=O)NCCCCN)ccc21. The number of carbonyl (C=O) groups is 1. The van der Waals surface area contributed by atoms with Gasteiger partial charge in [-0.3, -0.25) is 4.79 Å². The zero-order chi connectivity index (χ0) is 26.3. The smallest absolute Gasteiger partial charge is 0.251 e. The van der Waals surface area contributed by atoms with Crippen molar-refractivity contribution in [2.24, 2.45) is 5.73 Å². The van der Waals surface area contributed by atoms with Crippen LogP contribution in [0.1, 0.15) is 51.7 Å². The van der Waals surface area contributed by atoms with Gasteiger partial charge >= 0.3 is 0 Å². The molecule has 1 atom stereocenters. The van der Waals surface area contributed by atoms with Crippen molar-refractivity contribution in [2.75, 3.05) is 51.1 Å². The molecule has 5 rings (SSSR count). The Morgan fingerprint density at radius 2 is 1.51 bits per heavy atom. The topological polar surface area (TPSA) is 100 Å². The number of hydrogen-bond acceptors (Lipinski definition) is 7. The van der Waals surface area contributed by atoms with E-state index >= 15 is 0 Å². The second-order valence-corrected chi connectivity index (χ2v) is 9.96. The van der Waals surface area contributed by atoms with Crippen molar-refractivity contribution in [3.05, 3.63) is 82.4 Å². The predicted molar refractivity (Wildman–Crippen MR) is 145 cm³/mol. The number of nitrogens with zero attached hydrogens (tertiary/aromatic N) is 2. The summed E-state index contributed by atoms with van der Waals surface area (Å²) in [6.45, 7) is 1.15. The number of carbonyl (C=O) groups excluding carboxylic acids is 1. The van der Waals surface area contributed by atoms with Crippen LogP contribution in [-0.2, 0) is 10.3 Å². The number of nitrogens with two attached hydrogens (primary N) is 1. The van der Waals surface area contributed by atoms with E-state index in [0.717, 1.165) is 40.9 Å². The number of benzene rings is 3. The van der Waals surface area contributed by atoms with Crippen molar-refractivity contribution >= 4 is 17.3 Å². The molecule has 0 saturated carbocycles. The van der Waals surface area contributed by atoms with Crippen LogP contribution in [0, 0.1) is 0 Å². The molecule has 0 fully saturated rings. The van der Waals surface area contributed by atoms with Gasteiger partial charge in [0.15, 0.2) is 11.9 Å². The van der Waals surface area contributed by atoms with E-state index in [9.17, 15) is 9.90 Å². The molecular formula is C29H34N4O4. The van der Waals surface area contributed by atoms with Gasteiger partial charge < -0.3 is 35.4 Å². The Balaban J connectivity index is 1.63. The van der Waals surface area contributed by atoms with Crippen LogP contribution in [0.5, 0.6) is 11.5 Å². The van der Waals surface area contributed by atoms with E-state index in [1.54, 1.807) is 12.1 Å². The van der Waals surface area contributed by atoms with Gasteiger partial charge in [-0.1, -0.05) is 6.07 Å². The lowest BCUT2D eigenvalue weighted by molar-refractivity contribution is -0.142. The van der Waals surface area contributed by atoms with Crippen LogP contribution in [-0.4, -0.2) is 52.3 Å². The summed E-state index contributed by atoms with van der Waals surface area (Å²) in [4.78, 5) is 16.8. The van der Waals surface area contributed by atoms with Gasteiger partial charge in [-0.05, 0) is 55.8 Å². The summed E-state index contributed by atoms with van der Waals surface area (Å²) in [5.41, 5.74) is 9.89. The third-order valence-electron chi connectivity index (χ3n) is 7.11. The zero-order valence-corrected chi connectivity index (χ0v) is 21.7. The van der Waals surface area contributed by atoms with E-state index in [-0.39, 0.29) is 5.91 Å².